The van der Waals surface area contributed by atoms with Crippen LogP contribution in [0.2, 0.25) is 0 Å². The molecule has 0 bridgehead atoms. The Morgan fingerprint density at radius 1 is 0.265 bits per heavy atom. The average Bonchev–Trinajstić information content (AvgIpc) is 0.844. The molecule has 0 aromatic rings. The van der Waals surface area contributed by atoms with E-state index in [0.717, 1.165) is 0 Å². The molecule has 0 heterocycles. The lowest BCUT2D eigenvalue weighted by molar-refractivity contribution is -0.144. The monoisotopic (exact) mass is 1950 g/mol. The zero-order valence-electron chi connectivity index (χ0n) is 77.8. The normalized spacial score (nSPS) is 15.1. The lowest BCUT2D eigenvalue weighted by Gasteiger charge is -2.30. The van der Waals surface area contributed by atoms with Crippen molar-refractivity contribution >= 4 is 136 Å². The number of nitrogens with one attached hydrogen (secondary N) is 24. The third-order valence-electron chi connectivity index (χ3n) is 20.2. The van der Waals surface area contributed by atoms with Gasteiger partial charge in [-0.25, -0.2) is 4.79 Å². The number of aliphatic carboxylic acids is 3. The summed E-state index contributed by atoms with van der Waals surface area (Å²) in [5, 5.41) is 167. The van der Waals surface area contributed by atoms with Gasteiger partial charge < -0.3 is 181 Å². The standard InChI is InChI=1S/C79H143N29O28/c1-11-39(10)58(74(134)100-46(26-37(6)7)65(125)98-47(27-55(115)116)66(126)104-49(29-109)68(128)95-43(18-14-22-91-78(85)86)62(122)102-52(32-112)71(131)106-54(34-114)75(135)136)108-72(132)53(33-113)103-63(123)44(19-15-23-92-79(87)88)96-73(133)57(38(8)9)107-67(127)48(28-56(117)118)99-64(124)45(25-36(4)5)97-60(120)42(17-13-21-90-77(83)84)94-69(129)50(30-110)105-70(130)51(31-111)101-61(121)41(16-12-20-89-76(81)82)93-59(119)40(80)24-35(2)3/h35-54,57-58,109-114H,11-34,80H2,1-10H3,(H,93,119)(H,94,129)(H,95,128)(H,96,133)(H,97,120)(H,98,125)(H,99,124)(H,100,134)(H,101,121)(H,102,122)(H,103,123)(H,104,126)(H,105,130)(H,106,131)(H,107,127)(H,108,132)(H,115,116)(H,117,118)(H,135,136)(H4,81,82,89)(H4,83,84,90)(H4,85,86,91)(H4,87,88,92)/t39-,40-,41-,42-,43-,44-,45-,46-,47-,48-,49-,50-,51-,52-,53-,54-,57-,58-/m0/s1. The van der Waals surface area contributed by atoms with Crippen LogP contribution in [-0.4, -0.2) is 351 Å². The third kappa shape index (κ3) is 48.6. The molecule has 0 aliphatic carbocycles. The summed E-state index contributed by atoms with van der Waals surface area (Å²) in [6.07, 6.45) is -3.87. The first-order valence-electron chi connectivity index (χ1n) is 43.9. The van der Waals surface area contributed by atoms with Gasteiger partial charge in [-0.2, -0.15) is 0 Å². The molecular formula is C79H143N29O28. The highest BCUT2D eigenvalue weighted by molar-refractivity contribution is 6.02. The summed E-state index contributed by atoms with van der Waals surface area (Å²) in [4.78, 5) is 260. The number of rotatable bonds is 68. The lowest BCUT2D eigenvalue weighted by Crippen LogP contribution is -2.62. The van der Waals surface area contributed by atoms with Gasteiger partial charge in [0, 0.05) is 26.2 Å². The molecule has 0 aliphatic heterocycles. The molecule has 772 valence electrons. The molecule has 0 saturated heterocycles. The number of aliphatic hydroxyl groups excluding tert-OH is 6. The second-order valence-electron chi connectivity index (χ2n) is 33.5. The molecule has 0 aliphatic rings. The summed E-state index contributed by atoms with van der Waals surface area (Å²) in [5.41, 5.74) is 27.7. The maximum atomic E-state index is 14.5. The van der Waals surface area contributed by atoms with Gasteiger partial charge >= 0.3 is 17.9 Å². The number of carbonyl (C=O) groups excluding carboxylic acids is 16. The maximum Gasteiger partial charge on any atom is 0.328 e. The number of aliphatic hydroxyl groups is 6. The van der Waals surface area contributed by atoms with Crippen LogP contribution >= 0.6 is 0 Å². The Hall–Kier alpha value is -13.3. The van der Waals surface area contributed by atoms with Crippen molar-refractivity contribution in [2.24, 2.45) is 58.3 Å². The van der Waals surface area contributed by atoms with E-state index >= 15 is 0 Å². The predicted molar refractivity (Wildman–Crippen MR) is 483 cm³/mol. The van der Waals surface area contributed by atoms with Crippen LogP contribution in [0.1, 0.15) is 159 Å². The first-order chi connectivity index (χ1) is 63.6. The summed E-state index contributed by atoms with van der Waals surface area (Å²) < 4.78 is 0. The van der Waals surface area contributed by atoms with Crippen molar-refractivity contribution < 1.29 is 137 Å². The number of hydrogen-bond acceptors (Lipinski definition) is 30. The van der Waals surface area contributed by atoms with Crippen LogP contribution in [-0.2, 0) is 91.1 Å². The van der Waals surface area contributed by atoms with Gasteiger partial charge in [-0.05, 0) is 100 Å². The van der Waals surface area contributed by atoms with Crippen LogP contribution in [0.4, 0.5) is 0 Å². The Kier molecular flexibility index (Phi) is 58.3. The Balaban J connectivity index is 7.24. The van der Waals surface area contributed by atoms with E-state index < -0.39 is 309 Å². The van der Waals surface area contributed by atoms with Crippen LogP contribution in [0.25, 0.3) is 0 Å². The molecular weight excluding hydrogens is 1800 g/mol. The van der Waals surface area contributed by atoms with Gasteiger partial charge in [0.05, 0.1) is 58.5 Å². The third-order valence-corrected chi connectivity index (χ3v) is 20.2. The molecule has 0 fully saturated rings. The number of nitrogens with two attached hydrogens (primary N) is 5. The fraction of sp³-hybridized carbons (Fsp3) is 0.709. The summed E-state index contributed by atoms with van der Waals surface area (Å²) in [7, 11) is 0. The summed E-state index contributed by atoms with van der Waals surface area (Å²) >= 11 is 0. The topological polar surface area (TPSA) is 973 Å². The first kappa shape index (κ1) is 123. The van der Waals surface area contributed by atoms with Crippen molar-refractivity contribution in [3.05, 3.63) is 0 Å². The van der Waals surface area contributed by atoms with Crippen molar-refractivity contribution in [3.8, 4) is 0 Å². The van der Waals surface area contributed by atoms with Crippen LogP contribution in [0.3, 0.4) is 0 Å². The Morgan fingerprint density at radius 3 is 0.728 bits per heavy atom. The quantitative estimate of drug-likeness (QED) is 0.0153. The van der Waals surface area contributed by atoms with Crippen LogP contribution in [0, 0.1) is 51.2 Å². The highest BCUT2D eigenvalue weighted by Gasteiger charge is 2.41. The maximum absolute atomic E-state index is 14.5. The summed E-state index contributed by atoms with van der Waals surface area (Å²) in [6, 6.07) is -30.1. The first-order valence-corrected chi connectivity index (χ1v) is 43.9. The molecule has 0 aromatic carbocycles. The van der Waals surface area contributed by atoms with Gasteiger partial charge in [0.25, 0.3) is 0 Å². The van der Waals surface area contributed by atoms with E-state index in [9.17, 15) is 137 Å². The van der Waals surface area contributed by atoms with Gasteiger partial charge in [-0.1, -0.05) is 75.7 Å². The zero-order chi connectivity index (χ0) is 104. The minimum atomic E-state index is -2.12. The van der Waals surface area contributed by atoms with E-state index in [0.29, 0.717) is 0 Å². The summed E-state index contributed by atoms with van der Waals surface area (Å²) in [5.74, 6) is -29.0. The van der Waals surface area contributed by atoms with Crippen molar-refractivity contribution in [3.63, 3.8) is 0 Å². The number of carboxylic acids is 3. The molecule has 136 heavy (non-hydrogen) atoms. The van der Waals surface area contributed by atoms with Crippen molar-refractivity contribution in [2.75, 3.05) is 65.8 Å². The molecule has 57 heteroatoms. The highest BCUT2D eigenvalue weighted by Crippen LogP contribution is 2.16. The second kappa shape index (κ2) is 64.6. The van der Waals surface area contributed by atoms with Gasteiger partial charge in [-0.3, -0.25) is 108 Å². The molecule has 0 aromatic heterocycles. The number of carbonyl (C=O) groups is 19. The summed E-state index contributed by atoms with van der Waals surface area (Å²) in [6.45, 7) is 8.60. The number of carboxylic acid groups (broad SMARTS) is 3. The predicted octanol–water partition coefficient (Wildman–Crippen LogP) is -14.0. The van der Waals surface area contributed by atoms with Crippen molar-refractivity contribution in [1.82, 2.24) is 106 Å². The fourth-order valence-corrected chi connectivity index (χ4v) is 12.7. The van der Waals surface area contributed by atoms with Gasteiger partial charge in [0.2, 0.25) is 94.5 Å². The lowest BCUT2D eigenvalue weighted by atomic mass is 9.96. The van der Waals surface area contributed by atoms with E-state index in [1.807, 2.05) is 5.32 Å². The highest BCUT2D eigenvalue weighted by atomic mass is 16.4. The number of guanidine groups is 4. The van der Waals surface area contributed by atoms with E-state index in [-0.39, 0.29) is 115 Å². The van der Waals surface area contributed by atoms with Crippen LogP contribution in [0.5, 0.6) is 0 Å². The molecule has 18 atom stereocenters. The molecule has 0 saturated carbocycles. The number of hydrogen-bond donors (Lipinski definition) is 38. The SMILES string of the molecule is CC[C@H](C)[C@H](NC(=O)[C@H](CO)NC(=O)[C@H](CCCNC(=N)N)NC(=O)[C@@H](NC(=O)[C@H](CC(=O)O)NC(=O)[C@H](CC(C)C)NC(=O)[C@H](CCCNC(=N)N)NC(=O)[C@H](CO)NC(=O)[C@H](CO)NC(=O)[C@H](CCCNC(=N)N)NC(=O)[C@@H](N)CC(C)C)C(C)C)C(=O)N[C@@H](CC(C)C)C(=O)N[C@@H](CC(=O)O)C(=O)N[C@@H](CO)C(=O)N[C@@H](CCCNC(=N)N)C(=O)N[C@@H](CO)C(=O)N[C@@H](CO)C(=O)O. The van der Waals surface area contributed by atoms with Crippen molar-refractivity contribution in [1.29, 1.82) is 21.6 Å². The average molecular weight is 1950 g/mol. The Bertz CT molecular complexity index is 4040. The van der Waals surface area contributed by atoms with Gasteiger partial charge in [0.1, 0.15) is 96.7 Å². The molecule has 43 N–H and O–H groups in total. The number of amides is 16. The van der Waals surface area contributed by atoms with E-state index in [2.05, 4.69) is 101 Å². The molecule has 0 radical (unpaired) electrons. The minimum Gasteiger partial charge on any atom is -0.481 e. The van der Waals surface area contributed by atoms with E-state index in [1.54, 1.807) is 48.5 Å². The second-order valence-corrected chi connectivity index (χ2v) is 33.5. The molecule has 57 nitrogen and oxygen atoms in total. The molecule has 16 amide bonds. The largest absolute Gasteiger partial charge is 0.481 e. The Labute approximate surface area is 784 Å². The van der Waals surface area contributed by atoms with Crippen molar-refractivity contribution in [2.45, 2.75) is 262 Å². The minimum absolute atomic E-state index is 0.0308. The molecule has 0 unspecified atom stereocenters. The Morgan fingerprint density at radius 2 is 0.471 bits per heavy atom. The van der Waals surface area contributed by atoms with E-state index in [1.165, 1.54) is 20.8 Å². The van der Waals surface area contributed by atoms with E-state index in [4.69, 9.17) is 50.3 Å². The van der Waals surface area contributed by atoms with Gasteiger partial charge in [-0.15, -0.1) is 0 Å². The van der Waals surface area contributed by atoms with Crippen LogP contribution in [0.15, 0.2) is 0 Å². The van der Waals surface area contributed by atoms with Crippen LogP contribution < -0.4 is 135 Å². The fourth-order valence-electron chi connectivity index (χ4n) is 12.7. The molecule has 0 spiro atoms. The molecule has 0 rings (SSSR count). The zero-order valence-corrected chi connectivity index (χ0v) is 77.8. The smallest absolute Gasteiger partial charge is 0.328 e. The van der Waals surface area contributed by atoms with Gasteiger partial charge in [0.15, 0.2) is 23.8 Å².